The second-order valence-electron chi connectivity index (χ2n) is 4.66. The van der Waals surface area contributed by atoms with Crippen molar-refractivity contribution in [2.24, 2.45) is 5.92 Å². The van der Waals surface area contributed by atoms with E-state index >= 15 is 0 Å². The Kier molecular flexibility index (Phi) is 6.58. The van der Waals surface area contributed by atoms with Crippen LogP contribution in [0.2, 0.25) is 0 Å². The normalized spacial score (nSPS) is 13.2. The average molecular weight is 257 g/mol. The zero-order valence-corrected chi connectivity index (χ0v) is 12.0. The Labute approximate surface area is 108 Å². The van der Waals surface area contributed by atoms with Crippen molar-refractivity contribution in [2.75, 3.05) is 6.54 Å². The highest BCUT2D eigenvalue weighted by atomic mass is 32.2. The molecule has 1 aromatic heterocycles. The van der Waals surface area contributed by atoms with Crippen LogP contribution >= 0.6 is 11.8 Å². The quantitative estimate of drug-likeness (QED) is 0.776. The van der Waals surface area contributed by atoms with E-state index in [0.717, 1.165) is 18.1 Å². The Morgan fingerprint density at radius 3 is 2.76 bits per heavy atom. The first-order valence-electron chi connectivity index (χ1n) is 6.25. The molecule has 0 aliphatic rings. The topological polar surface area (TPSA) is 51.0 Å². The molecule has 5 heteroatoms. The summed E-state index contributed by atoms with van der Waals surface area (Å²) in [6, 6.07) is 0. The van der Waals surface area contributed by atoms with E-state index in [-0.39, 0.29) is 0 Å². The summed E-state index contributed by atoms with van der Waals surface area (Å²) in [7, 11) is 0. The number of rotatable bonds is 8. The minimum Gasteiger partial charge on any atom is -0.338 e. The van der Waals surface area contributed by atoms with E-state index in [4.69, 9.17) is 4.52 Å². The van der Waals surface area contributed by atoms with Gasteiger partial charge >= 0.3 is 0 Å². The minimum absolute atomic E-state index is 0.637. The molecule has 0 aromatic carbocycles. The molecular weight excluding hydrogens is 234 g/mol. The van der Waals surface area contributed by atoms with E-state index in [9.17, 15) is 0 Å². The molecule has 1 heterocycles. The van der Waals surface area contributed by atoms with Crippen LogP contribution in [0.3, 0.4) is 0 Å². The van der Waals surface area contributed by atoms with Crippen LogP contribution in [-0.4, -0.2) is 21.9 Å². The molecule has 98 valence electrons. The molecule has 1 aromatic rings. The van der Waals surface area contributed by atoms with E-state index in [0.29, 0.717) is 23.6 Å². The van der Waals surface area contributed by atoms with Crippen LogP contribution in [-0.2, 0) is 12.3 Å². The van der Waals surface area contributed by atoms with Crippen LogP contribution in [0.1, 0.15) is 45.8 Å². The molecule has 0 fully saturated rings. The van der Waals surface area contributed by atoms with Gasteiger partial charge in [0.05, 0.1) is 12.3 Å². The fourth-order valence-electron chi connectivity index (χ4n) is 1.22. The lowest BCUT2D eigenvalue weighted by atomic mass is 10.2. The SMILES string of the molecule is CCC(C)SCc1noc(CNCC(C)C)n1. The van der Waals surface area contributed by atoms with Gasteiger partial charge in [-0.3, -0.25) is 0 Å². The van der Waals surface area contributed by atoms with Crippen LogP contribution in [0.25, 0.3) is 0 Å². The van der Waals surface area contributed by atoms with Crippen LogP contribution in [0, 0.1) is 5.92 Å². The zero-order chi connectivity index (χ0) is 12.7. The van der Waals surface area contributed by atoms with Gasteiger partial charge in [-0.15, -0.1) is 0 Å². The summed E-state index contributed by atoms with van der Waals surface area (Å²) in [5, 5.41) is 7.91. The van der Waals surface area contributed by atoms with Gasteiger partial charge in [0.1, 0.15) is 0 Å². The molecule has 17 heavy (non-hydrogen) atoms. The van der Waals surface area contributed by atoms with Crippen LogP contribution in [0.4, 0.5) is 0 Å². The molecule has 0 radical (unpaired) electrons. The predicted molar refractivity (Wildman–Crippen MR) is 71.9 cm³/mol. The predicted octanol–water partition coefficient (Wildman–Crippen LogP) is 2.85. The molecule has 1 atom stereocenters. The van der Waals surface area contributed by atoms with Gasteiger partial charge in [-0.1, -0.05) is 32.9 Å². The second kappa shape index (κ2) is 7.71. The summed E-state index contributed by atoms with van der Waals surface area (Å²) in [5.74, 6) is 2.96. The summed E-state index contributed by atoms with van der Waals surface area (Å²) in [4.78, 5) is 4.35. The summed E-state index contributed by atoms with van der Waals surface area (Å²) in [5.41, 5.74) is 0. The first kappa shape index (κ1) is 14.5. The Morgan fingerprint density at radius 2 is 2.12 bits per heavy atom. The van der Waals surface area contributed by atoms with Gasteiger partial charge in [-0.05, 0) is 18.9 Å². The summed E-state index contributed by atoms with van der Waals surface area (Å²) in [6.07, 6.45) is 1.17. The standard InChI is InChI=1S/C12H23N3OS/c1-5-10(4)17-8-11-14-12(16-15-11)7-13-6-9(2)3/h9-10,13H,5-8H2,1-4H3. The van der Waals surface area contributed by atoms with Crippen molar-refractivity contribution in [1.82, 2.24) is 15.5 Å². The van der Waals surface area contributed by atoms with Crippen molar-refractivity contribution in [2.45, 2.75) is 51.7 Å². The molecular formula is C12H23N3OS. The third kappa shape index (κ3) is 6.07. The van der Waals surface area contributed by atoms with E-state index in [2.05, 4.69) is 43.2 Å². The Balaban J connectivity index is 2.27. The van der Waals surface area contributed by atoms with E-state index in [1.54, 1.807) is 0 Å². The average Bonchev–Trinajstić information content (AvgIpc) is 2.73. The molecule has 0 saturated carbocycles. The van der Waals surface area contributed by atoms with Crippen LogP contribution < -0.4 is 5.32 Å². The number of aromatic nitrogens is 2. The maximum atomic E-state index is 5.18. The number of hydrogen-bond donors (Lipinski definition) is 1. The maximum absolute atomic E-state index is 5.18. The lowest BCUT2D eigenvalue weighted by Crippen LogP contribution is -2.19. The van der Waals surface area contributed by atoms with Crippen molar-refractivity contribution in [1.29, 1.82) is 0 Å². The van der Waals surface area contributed by atoms with Crippen molar-refractivity contribution < 1.29 is 4.52 Å². The number of hydrogen-bond acceptors (Lipinski definition) is 5. The highest BCUT2D eigenvalue weighted by molar-refractivity contribution is 7.99. The summed E-state index contributed by atoms with van der Waals surface area (Å²) < 4.78 is 5.18. The summed E-state index contributed by atoms with van der Waals surface area (Å²) >= 11 is 1.87. The maximum Gasteiger partial charge on any atom is 0.240 e. The fourth-order valence-corrected chi connectivity index (χ4v) is 2.01. The first-order valence-corrected chi connectivity index (χ1v) is 7.30. The van der Waals surface area contributed by atoms with E-state index < -0.39 is 0 Å². The van der Waals surface area contributed by atoms with E-state index in [1.165, 1.54) is 6.42 Å². The molecule has 1 N–H and O–H groups in total. The molecule has 1 unspecified atom stereocenters. The Hall–Kier alpha value is -0.550. The van der Waals surface area contributed by atoms with Crippen molar-refractivity contribution in [3.05, 3.63) is 11.7 Å². The van der Waals surface area contributed by atoms with Gasteiger partial charge in [0, 0.05) is 5.25 Å². The van der Waals surface area contributed by atoms with Crippen LogP contribution in [0.15, 0.2) is 4.52 Å². The van der Waals surface area contributed by atoms with E-state index in [1.807, 2.05) is 11.8 Å². The molecule has 0 amide bonds. The monoisotopic (exact) mass is 257 g/mol. The molecule has 0 aliphatic heterocycles. The molecule has 0 bridgehead atoms. The largest absolute Gasteiger partial charge is 0.338 e. The molecule has 0 spiro atoms. The van der Waals surface area contributed by atoms with Gasteiger partial charge in [-0.25, -0.2) is 0 Å². The van der Waals surface area contributed by atoms with Crippen molar-refractivity contribution in [3.8, 4) is 0 Å². The van der Waals surface area contributed by atoms with Crippen molar-refractivity contribution >= 4 is 11.8 Å². The highest BCUT2D eigenvalue weighted by Gasteiger charge is 2.08. The zero-order valence-electron chi connectivity index (χ0n) is 11.2. The van der Waals surface area contributed by atoms with Gasteiger partial charge in [0.2, 0.25) is 5.89 Å². The Bertz CT molecular complexity index is 314. The fraction of sp³-hybridized carbons (Fsp3) is 0.833. The van der Waals surface area contributed by atoms with Gasteiger partial charge in [0.25, 0.3) is 0 Å². The number of thioether (sulfide) groups is 1. The molecule has 0 aliphatic carbocycles. The second-order valence-corrected chi connectivity index (χ2v) is 6.09. The minimum atomic E-state index is 0.637. The van der Waals surface area contributed by atoms with Gasteiger partial charge in [-0.2, -0.15) is 16.7 Å². The Morgan fingerprint density at radius 1 is 1.35 bits per heavy atom. The smallest absolute Gasteiger partial charge is 0.240 e. The van der Waals surface area contributed by atoms with Crippen molar-refractivity contribution in [3.63, 3.8) is 0 Å². The number of nitrogens with one attached hydrogen (secondary N) is 1. The molecule has 4 nitrogen and oxygen atoms in total. The first-order chi connectivity index (χ1) is 8.11. The lowest BCUT2D eigenvalue weighted by molar-refractivity contribution is 0.360. The molecule has 0 saturated heterocycles. The summed E-state index contributed by atoms with van der Waals surface area (Å²) in [6.45, 7) is 10.4. The van der Waals surface area contributed by atoms with Crippen LogP contribution in [0.5, 0.6) is 0 Å². The lowest BCUT2D eigenvalue weighted by Gasteiger charge is -2.04. The molecule has 1 rings (SSSR count). The third-order valence-electron chi connectivity index (χ3n) is 2.41. The highest BCUT2D eigenvalue weighted by Crippen LogP contribution is 2.17. The number of nitrogens with zero attached hydrogens (tertiary/aromatic N) is 2. The van der Waals surface area contributed by atoms with Gasteiger partial charge < -0.3 is 9.84 Å². The third-order valence-corrected chi connectivity index (χ3v) is 3.74. The van der Waals surface area contributed by atoms with Gasteiger partial charge in [0.15, 0.2) is 5.82 Å².